The van der Waals surface area contributed by atoms with E-state index in [-0.39, 0.29) is 11.7 Å². The average molecular weight is 225 g/mol. The van der Waals surface area contributed by atoms with Crippen molar-refractivity contribution in [3.8, 4) is 0 Å². The van der Waals surface area contributed by atoms with Crippen LogP contribution in [0.4, 0.5) is 0 Å². The van der Waals surface area contributed by atoms with Crippen molar-refractivity contribution in [3.63, 3.8) is 0 Å². The highest BCUT2D eigenvalue weighted by atomic mass is 16.5. The Balaban J connectivity index is 1.69. The van der Waals surface area contributed by atoms with Crippen LogP contribution in [0.1, 0.15) is 44.9 Å². The van der Waals surface area contributed by atoms with Crippen LogP contribution in [0.15, 0.2) is 0 Å². The molecule has 3 fully saturated rings. The second-order valence-electron chi connectivity index (χ2n) is 5.73. The maximum absolute atomic E-state index is 10.2. The van der Waals surface area contributed by atoms with Gasteiger partial charge in [-0.1, -0.05) is 12.8 Å². The summed E-state index contributed by atoms with van der Waals surface area (Å²) in [6.07, 6.45) is 8.32. The Kier molecular flexibility index (Phi) is 2.94. The molecule has 0 aromatic rings. The van der Waals surface area contributed by atoms with E-state index in [9.17, 15) is 5.11 Å². The molecule has 0 radical (unpaired) electrons. The molecule has 3 aliphatic rings. The van der Waals surface area contributed by atoms with Crippen molar-refractivity contribution in [1.82, 2.24) is 4.90 Å². The monoisotopic (exact) mass is 225 g/mol. The molecule has 0 unspecified atom stereocenters. The summed E-state index contributed by atoms with van der Waals surface area (Å²) in [5.41, 5.74) is -0.208. The van der Waals surface area contributed by atoms with E-state index >= 15 is 0 Å². The maximum atomic E-state index is 10.2. The van der Waals surface area contributed by atoms with Gasteiger partial charge in [-0.3, -0.25) is 4.90 Å². The van der Waals surface area contributed by atoms with Crippen LogP contribution in [0.5, 0.6) is 0 Å². The van der Waals surface area contributed by atoms with E-state index < -0.39 is 0 Å². The molecule has 92 valence electrons. The fourth-order valence-corrected chi connectivity index (χ4v) is 3.77. The smallest absolute Gasteiger partial charge is 0.107 e. The van der Waals surface area contributed by atoms with Crippen molar-refractivity contribution in [1.29, 1.82) is 0 Å². The first-order chi connectivity index (χ1) is 7.80. The number of hydrogen-bond donors (Lipinski definition) is 1. The zero-order chi connectivity index (χ0) is 11.0. The van der Waals surface area contributed by atoms with Gasteiger partial charge in [0.25, 0.3) is 0 Å². The third-order valence-corrected chi connectivity index (χ3v) is 4.74. The lowest BCUT2D eigenvalue weighted by atomic mass is 9.86. The summed E-state index contributed by atoms with van der Waals surface area (Å²) in [5, 5.41) is 10.2. The highest BCUT2D eigenvalue weighted by Gasteiger charge is 2.47. The van der Waals surface area contributed by atoms with Gasteiger partial charge in [-0.25, -0.2) is 0 Å². The molecule has 3 heteroatoms. The maximum Gasteiger partial charge on any atom is 0.107 e. The standard InChI is InChI=1S/C13H23NO2/c15-12-6-8-14(11-4-1-2-5-11)10-13(12)7-3-9-16-13/h11-12,15H,1-10H2/t12-,13-/m0/s1. The molecule has 2 saturated heterocycles. The number of hydrogen-bond acceptors (Lipinski definition) is 3. The number of likely N-dealkylation sites (tertiary alicyclic amines) is 1. The first kappa shape index (κ1) is 11.0. The van der Waals surface area contributed by atoms with Crippen molar-refractivity contribution < 1.29 is 9.84 Å². The van der Waals surface area contributed by atoms with Crippen LogP contribution >= 0.6 is 0 Å². The molecule has 1 spiro atoms. The Hall–Kier alpha value is -0.120. The minimum atomic E-state index is -0.229. The molecule has 3 rings (SSSR count). The van der Waals surface area contributed by atoms with Crippen LogP contribution in [0, 0.1) is 0 Å². The van der Waals surface area contributed by atoms with Crippen molar-refractivity contribution in [3.05, 3.63) is 0 Å². The van der Waals surface area contributed by atoms with Crippen molar-refractivity contribution in [2.24, 2.45) is 0 Å². The summed E-state index contributed by atoms with van der Waals surface area (Å²) in [5.74, 6) is 0. The van der Waals surface area contributed by atoms with Gasteiger partial charge in [-0.15, -0.1) is 0 Å². The molecule has 3 nitrogen and oxygen atoms in total. The van der Waals surface area contributed by atoms with Gasteiger partial charge in [0.15, 0.2) is 0 Å². The lowest BCUT2D eigenvalue weighted by Gasteiger charge is -2.45. The van der Waals surface area contributed by atoms with Gasteiger partial charge in [-0.05, 0) is 32.1 Å². The van der Waals surface area contributed by atoms with Crippen LogP contribution in [-0.4, -0.2) is 47.4 Å². The molecule has 2 aliphatic heterocycles. The van der Waals surface area contributed by atoms with Crippen LogP contribution in [-0.2, 0) is 4.74 Å². The highest BCUT2D eigenvalue weighted by Crippen LogP contribution is 2.37. The van der Waals surface area contributed by atoms with Crippen molar-refractivity contribution in [2.75, 3.05) is 19.7 Å². The van der Waals surface area contributed by atoms with Gasteiger partial charge in [0.2, 0.25) is 0 Å². The highest BCUT2D eigenvalue weighted by molar-refractivity contribution is 5.00. The number of piperidine rings is 1. The molecule has 16 heavy (non-hydrogen) atoms. The predicted octanol–water partition coefficient (Wildman–Crippen LogP) is 1.54. The molecular weight excluding hydrogens is 202 g/mol. The van der Waals surface area contributed by atoms with Gasteiger partial charge in [0.1, 0.15) is 5.60 Å². The fraction of sp³-hybridized carbons (Fsp3) is 1.00. The molecule has 0 aromatic heterocycles. The van der Waals surface area contributed by atoms with Crippen LogP contribution in [0.2, 0.25) is 0 Å². The summed E-state index contributed by atoms with van der Waals surface area (Å²) in [6, 6.07) is 0.772. The topological polar surface area (TPSA) is 32.7 Å². The SMILES string of the molecule is O[C@H]1CCN(C2CCCC2)C[C@@]12CCCO2. The minimum absolute atomic E-state index is 0.208. The first-order valence-electron chi connectivity index (χ1n) is 6.86. The lowest BCUT2D eigenvalue weighted by Crippen LogP contribution is -2.58. The van der Waals surface area contributed by atoms with Crippen molar-refractivity contribution >= 4 is 0 Å². The van der Waals surface area contributed by atoms with E-state index in [0.717, 1.165) is 45.0 Å². The number of nitrogens with zero attached hydrogens (tertiary/aromatic N) is 1. The van der Waals surface area contributed by atoms with Crippen LogP contribution < -0.4 is 0 Å². The number of aliphatic hydroxyl groups is 1. The molecular formula is C13H23NO2. The Morgan fingerprint density at radius 1 is 1.12 bits per heavy atom. The normalized spacial score (nSPS) is 42.2. The van der Waals surface area contributed by atoms with Gasteiger partial charge in [-0.2, -0.15) is 0 Å². The number of ether oxygens (including phenoxy) is 1. The largest absolute Gasteiger partial charge is 0.390 e. The third kappa shape index (κ3) is 1.79. The molecule has 2 atom stereocenters. The van der Waals surface area contributed by atoms with Crippen LogP contribution in [0.3, 0.4) is 0 Å². The van der Waals surface area contributed by atoms with Gasteiger partial charge in [0.05, 0.1) is 6.10 Å². The Morgan fingerprint density at radius 2 is 1.94 bits per heavy atom. The molecule has 0 aromatic carbocycles. The second kappa shape index (κ2) is 4.28. The molecule has 0 amide bonds. The Bertz CT molecular complexity index is 244. The quantitative estimate of drug-likeness (QED) is 0.735. The summed E-state index contributed by atoms with van der Waals surface area (Å²) < 4.78 is 5.89. The van der Waals surface area contributed by atoms with E-state index in [4.69, 9.17) is 4.74 Å². The van der Waals surface area contributed by atoms with E-state index in [1.807, 2.05) is 0 Å². The second-order valence-corrected chi connectivity index (χ2v) is 5.73. The number of rotatable bonds is 1. The fourth-order valence-electron chi connectivity index (χ4n) is 3.77. The Labute approximate surface area is 97.8 Å². The van der Waals surface area contributed by atoms with Gasteiger partial charge in [0, 0.05) is 25.7 Å². The zero-order valence-corrected chi connectivity index (χ0v) is 10.0. The summed E-state index contributed by atoms with van der Waals surface area (Å²) in [4.78, 5) is 2.59. The minimum Gasteiger partial charge on any atom is -0.390 e. The van der Waals surface area contributed by atoms with Crippen molar-refractivity contribution in [2.45, 2.75) is 62.7 Å². The van der Waals surface area contributed by atoms with E-state index in [0.29, 0.717) is 0 Å². The average Bonchev–Trinajstić information content (AvgIpc) is 2.94. The molecule has 1 saturated carbocycles. The summed E-state index contributed by atoms with van der Waals surface area (Å²) in [6.45, 7) is 2.88. The molecule has 0 bridgehead atoms. The molecule has 1 aliphatic carbocycles. The van der Waals surface area contributed by atoms with Crippen LogP contribution in [0.25, 0.3) is 0 Å². The molecule has 2 heterocycles. The first-order valence-corrected chi connectivity index (χ1v) is 6.86. The third-order valence-electron chi connectivity index (χ3n) is 4.74. The van der Waals surface area contributed by atoms with Gasteiger partial charge < -0.3 is 9.84 Å². The van der Waals surface area contributed by atoms with E-state index in [1.54, 1.807) is 0 Å². The Morgan fingerprint density at radius 3 is 2.62 bits per heavy atom. The summed E-state index contributed by atoms with van der Waals surface area (Å²) in [7, 11) is 0. The molecule has 1 N–H and O–H groups in total. The zero-order valence-electron chi connectivity index (χ0n) is 10.0. The number of aliphatic hydroxyl groups excluding tert-OH is 1. The predicted molar refractivity (Wildman–Crippen MR) is 62.4 cm³/mol. The van der Waals surface area contributed by atoms with E-state index in [1.165, 1.54) is 25.7 Å². The lowest BCUT2D eigenvalue weighted by molar-refractivity contribution is -0.137. The summed E-state index contributed by atoms with van der Waals surface area (Å²) >= 11 is 0. The van der Waals surface area contributed by atoms with Gasteiger partial charge >= 0.3 is 0 Å². The van der Waals surface area contributed by atoms with E-state index in [2.05, 4.69) is 4.90 Å².